The molecule has 0 amide bonds. The first-order valence-corrected chi connectivity index (χ1v) is 18.6. The van der Waals surface area contributed by atoms with Gasteiger partial charge in [-0.15, -0.1) is 0 Å². The summed E-state index contributed by atoms with van der Waals surface area (Å²) in [4.78, 5) is 0. The van der Waals surface area contributed by atoms with E-state index in [0.717, 1.165) is 6.92 Å². The Morgan fingerprint density at radius 2 is 0.424 bits per heavy atom. The third-order valence-electron chi connectivity index (χ3n) is 9.26. The lowest BCUT2D eigenvalue weighted by Gasteiger charge is -2.44. The Labute approximate surface area is 339 Å². The van der Waals surface area contributed by atoms with Crippen LogP contribution in [0.15, 0.2) is 0 Å². The molecule has 0 unspecified atom stereocenters. The number of alkyl halides is 38. The van der Waals surface area contributed by atoms with E-state index in [1.54, 1.807) is 0 Å². The summed E-state index contributed by atoms with van der Waals surface area (Å²) < 4.78 is 518. The zero-order valence-electron chi connectivity index (χ0n) is 30.4. The zero-order valence-corrected chi connectivity index (χ0v) is 31.4. The molecule has 0 rings (SSSR count). The van der Waals surface area contributed by atoms with Crippen LogP contribution in [0.1, 0.15) is 32.6 Å². The maximum Gasteiger partial charge on any atom is 0.460 e. The lowest BCUT2D eigenvalue weighted by molar-refractivity contribution is -0.468. The Balaban J connectivity index is 7.17. The smallest absolute Gasteiger partial charge is 0.351 e. The van der Waals surface area contributed by atoms with E-state index in [2.05, 4.69) is 0 Å². The van der Waals surface area contributed by atoms with Crippen LogP contribution in [-0.2, 0) is 0 Å². The predicted octanol–water partition coefficient (Wildman–Crippen LogP) is 14.8. The molecule has 0 atom stereocenters. The van der Waals surface area contributed by atoms with Crippen LogP contribution < -0.4 is 5.40 Å². The molecule has 0 saturated heterocycles. The van der Waals surface area contributed by atoms with Crippen LogP contribution in [0.5, 0.6) is 0 Å². The van der Waals surface area contributed by atoms with Gasteiger partial charge in [0.2, 0.25) is 0 Å². The van der Waals surface area contributed by atoms with Crippen molar-refractivity contribution >= 4 is 8.24 Å². The van der Waals surface area contributed by atoms with Gasteiger partial charge in [-0.25, -0.2) is 0 Å². The van der Waals surface area contributed by atoms with Crippen molar-refractivity contribution in [1.82, 2.24) is 0 Å². The molecule has 398 valence electrons. The van der Waals surface area contributed by atoms with E-state index in [1.165, 1.54) is 0 Å². The Morgan fingerprint density at radius 3 is 0.591 bits per heavy atom. The predicted molar refractivity (Wildman–Crippen MR) is 140 cm³/mol. The largest absolute Gasteiger partial charge is 0.460 e. The molecule has 0 heterocycles. The molecule has 0 fully saturated rings. The summed E-state index contributed by atoms with van der Waals surface area (Å²) in [5.74, 6) is -142. The molecule has 40 heteroatoms. The molecule has 0 bridgehead atoms. The van der Waals surface area contributed by atoms with Crippen LogP contribution in [-0.4, -0.2) is 115 Å². The Bertz CT molecular complexity index is 1550. The summed E-state index contributed by atoms with van der Waals surface area (Å²) in [7, 11) is -5.72. The van der Waals surface area contributed by atoms with Gasteiger partial charge in [-0.05, 0) is 18.1 Å². The lowest BCUT2D eigenvalue weighted by Crippen LogP contribution is -2.75. The van der Waals surface area contributed by atoms with Gasteiger partial charge in [-0.3, -0.25) is 0 Å². The summed E-state index contributed by atoms with van der Waals surface area (Å²) in [6, 6.07) is -6.85. The monoisotopic (exact) mass is 1100 g/mol. The van der Waals surface area contributed by atoms with Crippen molar-refractivity contribution in [3.63, 3.8) is 0 Å². The fourth-order valence-corrected chi connectivity index (χ4v) is 8.25. The molecule has 0 aliphatic heterocycles. The van der Waals surface area contributed by atoms with Gasteiger partial charge in [-0.2, -0.15) is 167 Å². The van der Waals surface area contributed by atoms with E-state index in [-0.39, 0.29) is 0 Å². The highest BCUT2D eigenvalue weighted by atomic mass is 28.3. The maximum atomic E-state index is 14.5. The third-order valence-corrected chi connectivity index (χ3v) is 13.1. The van der Waals surface area contributed by atoms with Crippen molar-refractivity contribution in [3.8, 4) is 0 Å². The first-order valence-electron chi connectivity index (χ1n) is 15.9. The Kier molecular flexibility index (Phi) is 16.2. The molecular weight excluding hydrogens is 1080 g/mol. The minimum absolute atomic E-state index is 0.567. The SMILES string of the molecule is CCCC[Si](N)(CCC(F)(F)C(F)(F)C(F)(F)C(F)(F)C(F)(F)C(F)(F)C(F)(F)C(F)(F)C(F)(F)F)CCC(F)(F)C(F)(F)C(F)(F)C(F)(F)C(F)(F)C(F)(F)C(F)(F)C(F)(F)C(F)(F)F. The fraction of sp³-hybridized carbons (Fsp3) is 1.00. The van der Waals surface area contributed by atoms with Gasteiger partial charge in [0, 0.05) is 12.8 Å². The Hall–Kier alpha value is -2.48. The van der Waals surface area contributed by atoms with Gasteiger partial charge < -0.3 is 5.40 Å². The van der Waals surface area contributed by atoms with Crippen LogP contribution in [0.2, 0.25) is 18.1 Å². The minimum atomic E-state index is -9.42. The zero-order chi connectivity index (χ0) is 54.4. The van der Waals surface area contributed by atoms with E-state index in [1.807, 2.05) is 0 Å². The van der Waals surface area contributed by atoms with Crippen LogP contribution >= 0.6 is 0 Å². The van der Waals surface area contributed by atoms with Gasteiger partial charge >= 0.3 is 107 Å². The number of rotatable bonds is 23. The van der Waals surface area contributed by atoms with Crippen LogP contribution in [0.3, 0.4) is 0 Å². The van der Waals surface area contributed by atoms with Gasteiger partial charge in [0.15, 0.2) is 0 Å². The van der Waals surface area contributed by atoms with Crippen molar-refractivity contribution in [2.45, 2.75) is 158 Å². The number of hydrogen-bond acceptors (Lipinski definition) is 1. The van der Waals surface area contributed by atoms with Gasteiger partial charge in [0.25, 0.3) is 0 Å². The van der Waals surface area contributed by atoms with E-state index < -0.39 is 159 Å². The van der Waals surface area contributed by atoms with Crippen molar-refractivity contribution in [2.75, 3.05) is 0 Å². The standard InChI is InChI=1S/C26H19F38NSi/c1-2-3-6-66(65,7-4-9(27,28)11(31,32)13(35,36)15(39,40)17(43,44)19(47,48)21(51,52)23(55,56)25(59,60)61)8-5-10(29,30)12(33,34)14(37,38)16(41,42)18(45,46)20(49,50)22(53,54)24(57,58)26(62,63)64/h2-8,65H2,1H3. The first-order chi connectivity index (χ1) is 28.0. The molecule has 0 saturated carbocycles. The molecule has 66 heavy (non-hydrogen) atoms. The van der Waals surface area contributed by atoms with E-state index in [9.17, 15) is 167 Å². The topological polar surface area (TPSA) is 26.0 Å². The maximum absolute atomic E-state index is 14.5. The molecule has 1 nitrogen and oxygen atoms in total. The van der Waals surface area contributed by atoms with Crippen LogP contribution in [0, 0.1) is 0 Å². The van der Waals surface area contributed by atoms with Crippen molar-refractivity contribution in [1.29, 1.82) is 0 Å². The molecule has 0 aromatic heterocycles. The molecule has 0 aromatic carbocycles. The second-order valence-corrected chi connectivity index (χ2v) is 18.1. The second kappa shape index (κ2) is 16.8. The van der Waals surface area contributed by atoms with Gasteiger partial charge in [0.1, 0.15) is 8.24 Å². The molecule has 0 aromatic rings. The number of nitrogens with two attached hydrogens (primary N) is 1. The van der Waals surface area contributed by atoms with Gasteiger partial charge in [0.05, 0.1) is 0 Å². The van der Waals surface area contributed by atoms with E-state index >= 15 is 0 Å². The van der Waals surface area contributed by atoms with E-state index in [0.29, 0.717) is 0 Å². The normalized spacial score (nSPS) is 16.9. The van der Waals surface area contributed by atoms with E-state index in [4.69, 9.17) is 5.40 Å². The highest BCUT2D eigenvalue weighted by Gasteiger charge is 2.98. The Morgan fingerprint density at radius 1 is 0.258 bits per heavy atom. The summed E-state index contributed by atoms with van der Waals surface area (Å²) in [5, 5.41) is 5.26. The molecule has 0 radical (unpaired) electrons. The lowest BCUT2D eigenvalue weighted by atomic mass is 9.87. The molecule has 0 spiro atoms. The van der Waals surface area contributed by atoms with Crippen molar-refractivity contribution < 1.29 is 167 Å². The highest BCUT2D eigenvalue weighted by molar-refractivity contribution is 6.76. The van der Waals surface area contributed by atoms with Crippen LogP contribution in [0.4, 0.5) is 167 Å². The number of hydrogen-bond donors (Lipinski definition) is 1. The average Bonchev–Trinajstić information content (AvgIpc) is 3.10. The minimum Gasteiger partial charge on any atom is -0.351 e. The fourth-order valence-electron chi connectivity index (χ4n) is 4.82. The quantitative estimate of drug-likeness (QED) is 0.0801. The third kappa shape index (κ3) is 8.74. The molecular formula is C26H19F38NSi. The summed E-state index contributed by atoms with van der Waals surface area (Å²) in [6.45, 7) is 0.875. The van der Waals surface area contributed by atoms with Crippen molar-refractivity contribution in [3.05, 3.63) is 0 Å². The summed E-state index contributed by atoms with van der Waals surface area (Å²) in [6.07, 6.45) is -25.3. The average molecular weight is 1100 g/mol. The first kappa shape index (κ1) is 63.5. The summed E-state index contributed by atoms with van der Waals surface area (Å²) in [5.41, 5.74) is 0. The number of unbranched alkanes of at least 4 members (excludes halogenated alkanes) is 1. The molecule has 2 N–H and O–H groups in total. The number of halogens is 38. The van der Waals surface area contributed by atoms with Crippen LogP contribution in [0.25, 0.3) is 0 Å². The molecule has 0 aliphatic carbocycles. The second-order valence-electron chi connectivity index (χ2n) is 13.9. The summed E-state index contributed by atoms with van der Waals surface area (Å²) >= 11 is 0. The molecule has 0 aliphatic rings. The van der Waals surface area contributed by atoms with Gasteiger partial charge in [-0.1, -0.05) is 19.8 Å². The van der Waals surface area contributed by atoms with Crippen molar-refractivity contribution in [2.24, 2.45) is 5.40 Å². The highest BCUT2D eigenvalue weighted by Crippen LogP contribution is 2.68.